The number of carbonyl (C=O) groups excluding carboxylic acids is 1. The van der Waals surface area contributed by atoms with E-state index in [4.69, 9.17) is 4.74 Å². The molecule has 0 saturated carbocycles. The van der Waals surface area contributed by atoms with E-state index >= 15 is 0 Å². The van der Waals surface area contributed by atoms with Crippen molar-refractivity contribution < 1.29 is 17.9 Å². The van der Waals surface area contributed by atoms with Gasteiger partial charge in [-0.1, -0.05) is 18.2 Å². The number of hydrogen-bond acceptors (Lipinski definition) is 4. The number of benzene rings is 3. The zero-order chi connectivity index (χ0) is 21.7. The molecule has 0 fully saturated rings. The lowest BCUT2D eigenvalue weighted by Gasteiger charge is -2.11. The normalized spacial score (nSPS) is 11.0. The summed E-state index contributed by atoms with van der Waals surface area (Å²) in [6.45, 7) is 5.62. The van der Waals surface area contributed by atoms with Gasteiger partial charge in [0.25, 0.3) is 15.9 Å². The Kier molecular flexibility index (Phi) is 6.42. The van der Waals surface area contributed by atoms with Crippen LogP contribution in [0, 0.1) is 20.8 Å². The molecule has 0 atom stereocenters. The van der Waals surface area contributed by atoms with Gasteiger partial charge in [0, 0.05) is 11.4 Å². The van der Waals surface area contributed by atoms with Crippen LogP contribution in [-0.4, -0.2) is 20.9 Å². The third-order valence-corrected chi connectivity index (χ3v) is 5.68. The van der Waals surface area contributed by atoms with Gasteiger partial charge in [0.05, 0.1) is 4.90 Å². The minimum Gasteiger partial charge on any atom is -0.484 e. The number of carbonyl (C=O) groups is 1. The van der Waals surface area contributed by atoms with Crippen molar-refractivity contribution in [1.29, 1.82) is 0 Å². The van der Waals surface area contributed by atoms with Gasteiger partial charge in [-0.25, -0.2) is 8.42 Å². The molecule has 0 unspecified atom stereocenters. The van der Waals surface area contributed by atoms with E-state index in [1.54, 1.807) is 30.3 Å². The third-order valence-electron chi connectivity index (χ3n) is 4.28. The number of rotatable bonds is 7. The van der Waals surface area contributed by atoms with Crippen LogP contribution < -0.4 is 14.8 Å². The Morgan fingerprint density at radius 3 is 2.13 bits per heavy atom. The van der Waals surface area contributed by atoms with Crippen molar-refractivity contribution in [1.82, 2.24) is 0 Å². The first kappa shape index (κ1) is 21.4. The van der Waals surface area contributed by atoms with E-state index in [9.17, 15) is 13.2 Å². The third kappa shape index (κ3) is 5.84. The van der Waals surface area contributed by atoms with E-state index in [2.05, 4.69) is 10.0 Å². The van der Waals surface area contributed by atoms with Crippen molar-refractivity contribution in [3.8, 4) is 5.75 Å². The molecule has 0 aliphatic heterocycles. The average molecular weight is 425 g/mol. The van der Waals surface area contributed by atoms with E-state index in [0.717, 1.165) is 16.7 Å². The Morgan fingerprint density at radius 2 is 1.50 bits per heavy atom. The van der Waals surface area contributed by atoms with E-state index in [1.807, 2.05) is 45.0 Å². The Morgan fingerprint density at radius 1 is 0.833 bits per heavy atom. The van der Waals surface area contributed by atoms with Crippen LogP contribution in [0.15, 0.2) is 71.6 Å². The number of anilines is 2. The summed E-state index contributed by atoms with van der Waals surface area (Å²) in [6.07, 6.45) is 0. The number of amides is 1. The van der Waals surface area contributed by atoms with Crippen LogP contribution in [0.2, 0.25) is 0 Å². The number of ether oxygens (including phenoxy) is 1. The van der Waals surface area contributed by atoms with Crippen molar-refractivity contribution >= 4 is 27.3 Å². The van der Waals surface area contributed by atoms with E-state index in [1.165, 1.54) is 12.1 Å². The highest BCUT2D eigenvalue weighted by molar-refractivity contribution is 7.92. The molecule has 3 aromatic rings. The number of sulfonamides is 1. The molecule has 0 aliphatic rings. The molecule has 156 valence electrons. The second kappa shape index (κ2) is 9.00. The van der Waals surface area contributed by atoms with Gasteiger partial charge < -0.3 is 10.1 Å². The second-order valence-corrected chi connectivity index (χ2v) is 8.84. The predicted molar refractivity (Wildman–Crippen MR) is 118 cm³/mol. The van der Waals surface area contributed by atoms with Crippen molar-refractivity contribution in [2.75, 3.05) is 16.6 Å². The van der Waals surface area contributed by atoms with Crippen LogP contribution in [0.3, 0.4) is 0 Å². The van der Waals surface area contributed by atoms with Gasteiger partial charge in [-0.3, -0.25) is 9.52 Å². The van der Waals surface area contributed by atoms with E-state index in [-0.39, 0.29) is 17.4 Å². The molecule has 7 heteroatoms. The average Bonchev–Trinajstić information content (AvgIpc) is 2.66. The van der Waals surface area contributed by atoms with Gasteiger partial charge in [-0.15, -0.1) is 0 Å². The summed E-state index contributed by atoms with van der Waals surface area (Å²) in [5, 5.41) is 2.69. The Balaban J connectivity index is 1.61. The standard InChI is InChI=1S/C23H24N2O4S/c1-16-5-4-6-21(14-16)29-15-23(26)24-19-7-9-22(10-8-19)30(27,28)25-20-12-17(2)11-18(3)13-20/h4-14,25H,15H2,1-3H3,(H,24,26). The highest BCUT2D eigenvalue weighted by Crippen LogP contribution is 2.20. The maximum atomic E-state index is 12.6. The molecule has 3 aromatic carbocycles. The summed E-state index contributed by atoms with van der Waals surface area (Å²) >= 11 is 0. The van der Waals surface area contributed by atoms with Crippen molar-refractivity contribution in [2.45, 2.75) is 25.7 Å². The molecule has 0 spiro atoms. The van der Waals surface area contributed by atoms with E-state index in [0.29, 0.717) is 17.1 Å². The van der Waals surface area contributed by atoms with Crippen LogP contribution in [0.5, 0.6) is 5.75 Å². The summed E-state index contributed by atoms with van der Waals surface area (Å²) in [5.41, 5.74) is 3.98. The lowest BCUT2D eigenvalue weighted by Crippen LogP contribution is -2.20. The minimum atomic E-state index is -3.73. The van der Waals surface area contributed by atoms with Gasteiger partial charge in [-0.2, -0.15) is 0 Å². The van der Waals surface area contributed by atoms with Gasteiger partial charge >= 0.3 is 0 Å². The quantitative estimate of drug-likeness (QED) is 0.588. The van der Waals surface area contributed by atoms with Gasteiger partial charge in [0.2, 0.25) is 0 Å². The van der Waals surface area contributed by atoms with Gasteiger partial charge in [0.15, 0.2) is 6.61 Å². The van der Waals surface area contributed by atoms with Crippen molar-refractivity contribution in [3.05, 3.63) is 83.4 Å². The van der Waals surface area contributed by atoms with Gasteiger partial charge in [0.1, 0.15) is 5.75 Å². The first-order chi connectivity index (χ1) is 14.2. The maximum absolute atomic E-state index is 12.6. The molecule has 0 bridgehead atoms. The highest BCUT2D eigenvalue weighted by Gasteiger charge is 2.15. The molecule has 3 rings (SSSR count). The number of hydrogen-bond donors (Lipinski definition) is 2. The van der Waals surface area contributed by atoms with Gasteiger partial charge in [-0.05, 0) is 86.0 Å². The number of nitrogens with one attached hydrogen (secondary N) is 2. The highest BCUT2D eigenvalue weighted by atomic mass is 32.2. The molecular formula is C23H24N2O4S. The van der Waals surface area contributed by atoms with Crippen LogP contribution in [0.25, 0.3) is 0 Å². The first-order valence-corrected chi connectivity index (χ1v) is 10.9. The van der Waals surface area contributed by atoms with Crippen LogP contribution >= 0.6 is 0 Å². The van der Waals surface area contributed by atoms with Crippen LogP contribution in [0.1, 0.15) is 16.7 Å². The Hall–Kier alpha value is -3.32. The van der Waals surface area contributed by atoms with Crippen molar-refractivity contribution in [3.63, 3.8) is 0 Å². The van der Waals surface area contributed by atoms with Crippen LogP contribution in [-0.2, 0) is 14.8 Å². The molecule has 0 heterocycles. The summed E-state index contributed by atoms with van der Waals surface area (Å²) in [6, 6.07) is 18.9. The predicted octanol–water partition coefficient (Wildman–Crippen LogP) is 4.43. The summed E-state index contributed by atoms with van der Waals surface area (Å²) in [5.74, 6) is 0.282. The lowest BCUT2D eigenvalue weighted by atomic mass is 10.1. The number of aryl methyl sites for hydroxylation is 3. The maximum Gasteiger partial charge on any atom is 0.262 e. The van der Waals surface area contributed by atoms with Crippen LogP contribution in [0.4, 0.5) is 11.4 Å². The van der Waals surface area contributed by atoms with E-state index < -0.39 is 10.0 Å². The molecule has 1 amide bonds. The monoisotopic (exact) mass is 424 g/mol. The zero-order valence-electron chi connectivity index (χ0n) is 17.1. The SMILES string of the molecule is Cc1cc(C)cc(NS(=O)(=O)c2ccc(NC(=O)COc3cccc(C)c3)cc2)c1. The molecule has 0 saturated heterocycles. The Bertz CT molecular complexity index is 1140. The summed E-state index contributed by atoms with van der Waals surface area (Å²) in [7, 11) is -3.73. The fourth-order valence-corrected chi connectivity index (χ4v) is 4.06. The Labute approximate surface area is 177 Å². The molecule has 0 radical (unpaired) electrons. The second-order valence-electron chi connectivity index (χ2n) is 7.16. The topological polar surface area (TPSA) is 84.5 Å². The zero-order valence-corrected chi connectivity index (χ0v) is 17.9. The summed E-state index contributed by atoms with van der Waals surface area (Å²) < 4.78 is 33.3. The molecule has 0 aliphatic carbocycles. The molecule has 6 nitrogen and oxygen atoms in total. The fraction of sp³-hybridized carbons (Fsp3) is 0.174. The molecule has 0 aromatic heterocycles. The lowest BCUT2D eigenvalue weighted by molar-refractivity contribution is -0.118. The molecule has 2 N–H and O–H groups in total. The molecular weight excluding hydrogens is 400 g/mol. The largest absolute Gasteiger partial charge is 0.484 e. The van der Waals surface area contributed by atoms with Crippen molar-refractivity contribution in [2.24, 2.45) is 0 Å². The first-order valence-electron chi connectivity index (χ1n) is 9.42. The fourth-order valence-electron chi connectivity index (χ4n) is 3.02. The summed E-state index contributed by atoms with van der Waals surface area (Å²) in [4.78, 5) is 12.2. The smallest absolute Gasteiger partial charge is 0.262 e. The molecule has 30 heavy (non-hydrogen) atoms. The minimum absolute atomic E-state index is 0.107.